The number of methoxy groups -OCH3 is 1. The largest absolute Gasteiger partial charge is 0.481 e. The minimum absolute atomic E-state index is 0.0516. The number of carboxylic acid groups (broad SMARTS) is 1. The van der Waals surface area contributed by atoms with Crippen LogP contribution in [-0.4, -0.2) is 53.3 Å². The van der Waals surface area contributed by atoms with Gasteiger partial charge in [0.25, 0.3) is 0 Å². The zero-order valence-electron chi connectivity index (χ0n) is 12.2. The lowest BCUT2D eigenvalue weighted by molar-refractivity contribution is -0.153. The van der Waals surface area contributed by atoms with E-state index in [2.05, 4.69) is 4.74 Å². The van der Waals surface area contributed by atoms with Crippen LogP contribution < -0.4 is 0 Å². The van der Waals surface area contributed by atoms with E-state index in [1.54, 1.807) is 20.8 Å². The monoisotopic (exact) mass is 287 g/mol. The van der Waals surface area contributed by atoms with E-state index in [0.29, 0.717) is 6.42 Å². The highest BCUT2D eigenvalue weighted by Gasteiger charge is 2.40. The highest BCUT2D eigenvalue weighted by atomic mass is 16.6. The molecule has 1 aliphatic heterocycles. The van der Waals surface area contributed by atoms with Gasteiger partial charge in [-0.15, -0.1) is 0 Å². The molecule has 1 N–H and O–H groups in total. The van der Waals surface area contributed by atoms with Crippen LogP contribution in [0.5, 0.6) is 0 Å². The second-order valence-electron chi connectivity index (χ2n) is 5.78. The van der Waals surface area contributed by atoms with Crippen LogP contribution in [0, 0.1) is 5.92 Å². The summed E-state index contributed by atoms with van der Waals surface area (Å²) in [6.07, 6.45) is -0.115. The van der Waals surface area contributed by atoms with E-state index in [9.17, 15) is 14.4 Å². The Morgan fingerprint density at radius 3 is 2.25 bits per heavy atom. The Morgan fingerprint density at radius 2 is 1.80 bits per heavy atom. The van der Waals surface area contributed by atoms with E-state index in [-0.39, 0.29) is 13.0 Å². The lowest BCUT2D eigenvalue weighted by Gasteiger charge is -2.37. The molecule has 1 rings (SSSR count). The van der Waals surface area contributed by atoms with E-state index in [0.717, 1.165) is 4.90 Å². The second-order valence-corrected chi connectivity index (χ2v) is 5.78. The molecule has 0 saturated carbocycles. The maximum Gasteiger partial charge on any atom is 0.411 e. The molecule has 0 aromatic carbocycles. The number of hydrogen-bond acceptors (Lipinski definition) is 5. The van der Waals surface area contributed by atoms with Gasteiger partial charge in [-0.25, -0.2) is 9.59 Å². The topological polar surface area (TPSA) is 93.1 Å². The van der Waals surface area contributed by atoms with Crippen molar-refractivity contribution < 1.29 is 29.0 Å². The third-order valence-corrected chi connectivity index (χ3v) is 3.03. The fourth-order valence-corrected chi connectivity index (χ4v) is 2.08. The van der Waals surface area contributed by atoms with Gasteiger partial charge in [0.05, 0.1) is 13.0 Å². The molecule has 1 fully saturated rings. The Balaban J connectivity index is 2.89. The Labute approximate surface area is 117 Å². The Morgan fingerprint density at radius 1 is 1.20 bits per heavy atom. The van der Waals surface area contributed by atoms with Gasteiger partial charge in [0.2, 0.25) is 0 Å². The van der Waals surface area contributed by atoms with Crippen LogP contribution in [0.3, 0.4) is 0 Å². The zero-order valence-corrected chi connectivity index (χ0v) is 12.2. The summed E-state index contributed by atoms with van der Waals surface area (Å²) in [4.78, 5) is 36.0. The summed E-state index contributed by atoms with van der Waals surface area (Å²) in [6, 6.07) is -0.787. The summed E-state index contributed by atoms with van der Waals surface area (Å²) in [5.41, 5.74) is -0.714. The number of carboxylic acids is 1. The van der Waals surface area contributed by atoms with Crippen molar-refractivity contribution in [1.29, 1.82) is 0 Å². The van der Waals surface area contributed by atoms with E-state index in [1.165, 1.54) is 7.11 Å². The molecule has 0 aromatic heterocycles. The predicted octanol–water partition coefficient (Wildman–Crippen LogP) is 1.26. The van der Waals surface area contributed by atoms with Gasteiger partial charge in [0, 0.05) is 6.54 Å². The first-order valence-corrected chi connectivity index (χ1v) is 6.46. The third kappa shape index (κ3) is 4.11. The van der Waals surface area contributed by atoms with Crippen molar-refractivity contribution in [2.24, 2.45) is 5.92 Å². The molecule has 0 spiro atoms. The van der Waals surface area contributed by atoms with Crippen LogP contribution in [0.4, 0.5) is 4.79 Å². The first-order chi connectivity index (χ1) is 9.15. The number of hydrogen-bond donors (Lipinski definition) is 1. The molecule has 2 atom stereocenters. The first kappa shape index (κ1) is 16.3. The van der Waals surface area contributed by atoms with E-state index >= 15 is 0 Å². The van der Waals surface area contributed by atoms with E-state index < -0.39 is 35.6 Å². The summed E-state index contributed by atoms with van der Waals surface area (Å²) >= 11 is 0. The van der Waals surface area contributed by atoms with Crippen molar-refractivity contribution >= 4 is 18.0 Å². The quantitative estimate of drug-likeness (QED) is 0.768. The molecule has 114 valence electrons. The summed E-state index contributed by atoms with van der Waals surface area (Å²) in [5.74, 6) is -2.23. The molecule has 0 aromatic rings. The minimum atomic E-state index is -0.984. The summed E-state index contributed by atoms with van der Waals surface area (Å²) < 4.78 is 9.88. The minimum Gasteiger partial charge on any atom is -0.481 e. The van der Waals surface area contributed by atoms with Crippen molar-refractivity contribution in [2.75, 3.05) is 13.7 Å². The SMILES string of the molecule is COC(=O)[C@@H]1CC[C@H](C(=O)O)CN1C(=O)OC(C)(C)C. The average Bonchev–Trinajstić information content (AvgIpc) is 2.35. The van der Waals surface area contributed by atoms with Crippen molar-refractivity contribution in [3.8, 4) is 0 Å². The van der Waals surface area contributed by atoms with Crippen molar-refractivity contribution in [1.82, 2.24) is 4.90 Å². The van der Waals surface area contributed by atoms with Crippen LogP contribution in [-0.2, 0) is 19.1 Å². The lowest BCUT2D eigenvalue weighted by Crippen LogP contribution is -2.53. The molecule has 1 saturated heterocycles. The number of nitrogens with zero attached hydrogens (tertiary/aromatic N) is 1. The average molecular weight is 287 g/mol. The number of ether oxygens (including phenoxy) is 2. The summed E-state index contributed by atoms with van der Waals surface area (Å²) in [5, 5.41) is 9.06. The number of carbonyl (C=O) groups excluding carboxylic acids is 2. The molecular weight excluding hydrogens is 266 g/mol. The van der Waals surface area contributed by atoms with Gasteiger partial charge in [0.15, 0.2) is 0 Å². The number of carbonyl (C=O) groups is 3. The maximum atomic E-state index is 12.1. The van der Waals surface area contributed by atoms with Crippen LogP contribution in [0.15, 0.2) is 0 Å². The molecule has 0 bridgehead atoms. The van der Waals surface area contributed by atoms with Gasteiger partial charge in [-0.05, 0) is 33.6 Å². The van der Waals surface area contributed by atoms with Gasteiger partial charge in [-0.3, -0.25) is 9.69 Å². The van der Waals surface area contributed by atoms with Gasteiger partial charge < -0.3 is 14.6 Å². The van der Waals surface area contributed by atoms with E-state index in [4.69, 9.17) is 9.84 Å². The lowest BCUT2D eigenvalue weighted by atomic mass is 9.93. The highest BCUT2D eigenvalue weighted by molar-refractivity contribution is 5.83. The van der Waals surface area contributed by atoms with Gasteiger partial charge in [0.1, 0.15) is 11.6 Å². The Kier molecular flexibility index (Phi) is 4.97. The second kappa shape index (κ2) is 6.11. The molecule has 1 heterocycles. The molecule has 7 heteroatoms. The fraction of sp³-hybridized carbons (Fsp3) is 0.769. The molecule has 1 aliphatic rings. The number of amides is 1. The number of aliphatic carboxylic acids is 1. The summed E-state index contributed by atoms with van der Waals surface area (Å²) in [6.45, 7) is 5.06. The summed E-state index contributed by atoms with van der Waals surface area (Å²) in [7, 11) is 1.24. The van der Waals surface area contributed by atoms with E-state index in [1.807, 2.05) is 0 Å². The molecule has 7 nitrogen and oxygen atoms in total. The number of piperidine rings is 1. The molecule has 0 radical (unpaired) electrons. The van der Waals surface area contributed by atoms with Crippen LogP contribution in [0.25, 0.3) is 0 Å². The Bertz CT molecular complexity index is 400. The van der Waals surface area contributed by atoms with Crippen LogP contribution >= 0.6 is 0 Å². The molecule has 1 amide bonds. The molecule has 0 aliphatic carbocycles. The standard InChI is InChI=1S/C13H21NO6/c1-13(2,3)20-12(18)14-7-8(10(15)16)5-6-9(14)11(17)19-4/h8-9H,5-7H2,1-4H3,(H,15,16)/t8-,9-/m0/s1. The van der Waals surface area contributed by atoms with Gasteiger partial charge >= 0.3 is 18.0 Å². The maximum absolute atomic E-state index is 12.1. The molecule has 0 unspecified atom stereocenters. The van der Waals surface area contributed by atoms with Crippen molar-refractivity contribution in [3.05, 3.63) is 0 Å². The number of likely N-dealkylation sites (tertiary alicyclic amines) is 1. The molecular formula is C13H21NO6. The third-order valence-electron chi connectivity index (χ3n) is 3.03. The van der Waals surface area contributed by atoms with Crippen LogP contribution in [0.1, 0.15) is 33.6 Å². The highest BCUT2D eigenvalue weighted by Crippen LogP contribution is 2.25. The smallest absolute Gasteiger partial charge is 0.411 e. The fourth-order valence-electron chi connectivity index (χ4n) is 2.08. The van der Waals surface area contributed by atoms with Crippen molar-refractivity contribution in [2.45, 2.75) is 45.3 Å². The Hall–Kier alpha value is -1.79. The first-order valence-electron chi connectivity index (χ1n) is 6.46. The van der Waals surface area contributed by atoms with Crippen LogP contribution in [0.2, 0.25) is 0 Å². The van der Waals surface area contributed by atoms with Gasteiger partial charge in [-0.2, -0.15) is 0 Å². The predicted molar refractivity (Wildman–Crippen MR) is 69.1 cm³/mol. The van der Waals surface area contributed by atoms with Gasteiger partial charge in [-0.1, -0.05) is 0 Å². The number of esters is 1. The molecule has 20 heavy (non-hydrogen) atoms. The zero-order chi connectivity index (χ0) is 15.5. The van der Waals surface area contributed by atoms with Crippen molar-refractivity contribution in [3.63, 3.8) is 0 Å². The number of rotatable bonds is 2. The normalized spacial score (nSPS) is 23.1.